The van der Waals surface area contributed by atoms with Crippen molar-refractivity contribution >= 4 is 13.5 Å². The van der Waals surface area contributed by atoms with Gasteiger partial charge in [-0.15, -0.1) is 0 Å². The molecule has 0 aromatic rings. The lowest BCUT2D eigenvalue weighted by Gasteiger charge is -2.60. The maximum atomic E-state index is 13.4. The minimum atomic E-state index is -3.68. The van der Waals surface area contributed by atoms with Crippen molar-refractivity contribution in [3.63, 3.8) is 0 Å². The maximum absolute atomic E-state index is 13.4. The Balaban J connectivity index is 1.63. The summed E-state index contributed by atoms with van der Waals surface area (Å²) in [6.45, 7) is 7.45. The second kappa shape index (κ2) is 8.33. The number of nitrogens with one attached hydrogen (secondary N) is 1. The summed E-state index contributed by atoms with van der Waals surface area (Å²) >= 11 is 0. The molecule has 5 fully saturated rings. The summed E-state index contributed by atoms with van der Waals surface area (Å²) in [7, 11) is -2.30. The predicted molar refractivity (Wildman–Crippen MR) is 108 cm³/mol. The van der Waals surface area contributed by atoms with Gasteiger partial charge in [-0.3, -0.25) is 13.9 Å². The van der Waals surface area contributed by atoms with Crippen LogP contribution in [0.1, 0.15) is 53.4 Å². The Morgan fingerprint density at radius 1 is 1.26 bits per heavy atom. The maximum Gasteiger partial charge on any atom is 0.320 e. The number of hydrogen-bond acceptors (Lipinski definition) is 8. The minimum absolute atomic E-state index is 0.00740. The van der Waals surface area contributed by atoms with Crippen LogP contribution in [0.4, 0.5) is 0 Å². The highest BCUT2D eigenvalue weighted by molar-refractivity contribution is 7.56. The summed E-state index contributed by atoms with van der Waals surface area (Å²) < 4.78 is 37.0. The molecule has 11 heteroatoms. The Labute approximate surface area is 182 Å². The van der Waals surface area contributed by atoms with Gasteiger partial charge in [0.1, 0.15) is 12.4 Å². The molecule has 10 atom stereocenters. The molecular formula is C20H34NO9P. The molecule has 31 heavy (non-hydrogen) atoms. The van der Waals surface area contributed by atoms with E-state index in [4.69, 9.17) is 28.5 Å². The van der Waals surface area contributed by atoms with Gasteiger partial charge in [-0.2, -0.15) is 0 Å². The first-order valence-corrected chi connectivity index (χ1v) is 12.8. The molecule has 4 aliphatic heterocycles. The lowest BCUT2D eigenvalue weighted by molar-refractivity contribution is -0.575. The van der Waals surface area contributed by atoms with E-state index in [1.165, 1.54) is 14.0 Å². The van der Waals surface area contributed by atoms with E-state index in [0.29, 0.717) is 12.3 Å². The van der Waals surface area contributed by atoms with Gasteiger partial charge in [0.15, 0.2) is 18.2 Å². The van der Waals surface area contributed by atoms with E-state index in [2.05, 4.69) is 12.0 Å². The molecule has 0 radical (unpaired) electrons. The van der Waals surface area contributed by atoms with E-state index in [9.17, 15) is 14.5 Å². The largest absolute Gasteiger partial charge is 0.480 e. The SMILES string of the molecule is COCP(=O)(NC(C)C(=O)O)O[C@@H]1O[C@@H]2O[C@@]3(C)CC[C@H]4[C@H](C)CC[C@@H]([C@H]1C)[C@@]24OO3. The summed E-state index contributed by atoms with van der Waals surface area (Å²) in [5.41, 5.74) is -0.750. The smallest absolute Gasteiger partial charge is 0.320 e. The van der Waals surface area contributed by atoms with Crippen molar-refractivity contribution in [1.29, 1.82) is 0 Å². The normalized spacial score (nSPS) is 47.1. The van der Waals surface area contributed by atoms with Crippen molar-refractivity contribution in [2.24, 2.45) is 23.7 Å². The molecule has 4 saturated heterocycles. The first-order chi connectivity index (χ1) is 14.5. The van der Waals surface area contributed by atoms with E-state index in [1.54, 1.807) is 0 Å². The van der Waals surface area contributed by atoms with Gasteiger partial charge in [-0.25, -0.2) is 14.9 Å². The number of rotatable bonds is 7. The summed E-state index contributed by atoms with van der Waals surface area (Å²) in [5.74, 6) is -1.60. The van der Waals surface area contributed by atoms with Crippen LogP contribution in [-0.2, 0) is 37.9 Å². The third kappa shape index (κ3) is 3.99. The number of aliphatic carboxylic acids is 1. The number of ether oxygens (including phenoxy) is 3. The topological polar surface area (TPSA) is 122 Å². The molecular weight excluding hydrogens is 429 g/mol. The number of carboxylic acid groups (broad SMARTS) is 1. The fourth-order valence-electron chi connectivity index (χ4n) is 5.78. The van der Waals surface area contributed by atoms with Crippen LogP contribution in [0.2, 0.25) is 0 Å². The molecule has 0 aromatic heterocycles. The van der Waals surface area contributed by atoms with Crippen molar-refractivity contribution in [3.05, 3.63) is 0 Å². The lowest BCUT2D eigenvalue weighted by atomic mass is 9.58. The van der Waals surface area contributed by atoms with Crippen LogP contribution in [0, 0.1) is 23.7 Å². The molecule has 0 amide bonds. The Morgan fingerprint density at radius 3 is 2.68 bits per heavy atom. The zero-order valence-electron chi connectivity index (χ0n) is 18.7. The summed E-state index contributed by atoms with van der Waals surface area (Å²) in [5, 5.41) is 11.8. The van der Waals surface area contributed by atoms with Crippen LogP contribution in [0.15, 0.2) is 0 Å². The van der Waals surface area contributed by atoms with Gasteiger partial charge >= 0.3 is 5.97 Å². The average Bonchev–Trinajstić information content (AvgIpc) is 2.92. The second-order valence-electron chi connectivity index (χ2n) is 9.66. The molecule has 5 rings (SSSR count). The molecule has 5 aliphatic rings. The Bertz CT molecular complexity index is 752. The lowest BCUT2D eigenvalue weighted by Crippen LogP contribution is -2.70. The van der Waals surface area contributed by atoms with E-state index in [-0.39, 0.29) is 24.1 Å². The van der Waals surface area contributed by atoms with Gasteiger partial charge in [0, 0.05) is 25.4 Å². The number of carboxylic acids is 1. The van der Waals surface area contributed by atoms with Gasteiger partial charge in [0.25, 0.3) is 7.52 Å². The molecule has 2 bridgehead atoms. The summed E-state index contributed by atoms with van der Waals surface area (Å²) in [6.07, 6.45) is 1.61. The van der Waals surface area contributed by atoms with Crippen molar-refractivity contribution < 1.29 is 43.0 Å². The molecule has 1 spiro atoms. The number of carbonyl (C=O) groups is 1. The van der Waals surface area contributed by atoms with Gasteiger partial charge in [0.2, 0.25) is 5.79 Å². The van der Waals surface area contributed by atoms with Crippen molar-refractivity contribution in [2.75, 3.05) is 13.5 Å². The van der Waals surface area contributed by atoms with Gasteiger partial charge < -0.3 is 19.3 Å². The molecule has 1 saturated carbocycles. The zero-order valence-corrected chi connectivity index (χ0v) is 19.6. The Kier molecular flexibility index (Phi) is 6.33. The molecule has 10 nitrogen and oxygen atoms in total. The minimum Gasteiger partial charge on any atom is -0.480 e. The van der Waals surface area contributed by atoms with Crippen LogP contribution in [0.3, 0.4) is 0 Å². The first-order valence-electron chi connectivity index (χ1n) is 11.0. The van der Waals surface area contributed by atoms with Crippen LogP contribution in [-0.4, -0.2) is 54.5 Å². The molecule has 178 valence electrons. The highest BCUT2D eigenvalue weighted by atomic mass is 31.2. The van der Waals surface area contributed by atoms with Crippen LogP contribution in [0.5, 0.6) is 0 Å². The van der Waals surface area contributed by atoms with Crippen molar-refractivity contribution in [1.82, 2.24) is 5.09 Å². The quantitative estimate of drug-likeness (QED) is 0.430. The molecule has 0 aromatic carbocycles. The fourth-order valence-corrected chi connectivity index (χ4v) is 7.59. The Morgan fingerprint density at radius 2 is 2.00 bits per heavy atom. The summed E-state index contributed by atoms with van der Waals surface area (Å²) in [4.78, 5) is 23.2. The monoisotopic (exact) mass is 463 g/mol. The van der Waals surface area contributed by atoms with E-state index < -0.39 is 43.5 Å². The van der Waals surface area contributed by atoms with Crippen LogP contribution in [0.25, 0.3) is 0 Å². The highest BCUT2D eigenvalue weighted by Gasteiger charge is 2.69. The van der Waals surface area contributed by atoms with Crippen LogP contribution < -0.4 is 5.09 Å². The first kappa shape index (κ1) is 23.6. The Hall–Kier alpha value is -0.580. The number of methoxy groups -OCH3 is 1. The molecule has 1 aliphatic carbocycles. The fraction of sp³-hybridized carbons (Fsp3) is 0.950. The third-order valence-electron chi connectivity index (χ3n) is 7.43. The molecule has 2 unspecified atom stereocenters. The van der Waals surface area contributed by atoms with Crippen molar-refractivity contribution in [2.45, 2.75) is 83.4 Å². The molecule has 2 N–H and O–H groups in total. The van der Waals surface area contributed by atoms with Crippen LogP contribution >= 0.6 is 7.52 Å². The van der Waals surface area contributed by atoms with E-state index in [1.807, 2.05) is 13.8 Å². The number of fused-ring (bicyclic) bond motifs is 2. The van der Waals surface area contributed by atoms with Gasteiger partial charge in [-0.05, 0) is 44.9 Å². The molecule has 4 heterocycles. The average molecular weight is 463 g/mol. The van der Waals surface area contributed by atoms with E-state index >= 15 is 0 Å². The zero-order chi connectivity index (χ0) is 22.6. The third-order valence-corrected chi connectivity index (χ3v) is 9.36. The number of hydrogen-bond donors (Lipinski definition) is 2. The summed E-state index contributed by atoms with van der Waals surface area (Å²) in [6, 6.07) is -1.08. The van der Waals surface area contributed by atoms with Crippen molar-refractivity contribution in [3.8, 4) is 0 Å². The van der Waals surface area contributed by atoms with E-state index in [0.717, 1.165) is 19.3 Å². The highest BCUT2D eigenvalue weighted by Crippen LogP contribution is 2.61. The standard InChI is InChI=1S/C20H34NO9P/c1-11-6-7-15-12(2)17(28-31(24,10-25-5)21-13(3)16(22)23)26-18-20(15)14(11)8-9-19(4,27-18)29-30-20/h11-15,17-18H,6-10H2,1-5H3,(H,21,24)(H,22,23)/t11-,12-,13?,14+,15+,17+,18-,19-,20-,31?/m1/s1. The van der Waals surface area contributed by atoms with Gasteiger partial charge in [0.05, 0.1) is 0 Å². The predicted octanol–water partition coefficient (Wildman–Crippen LogP) is 3.07. The van der Waals surface area contributed by atoms with Gasteiger partial charge in [-0.1, -0.05) is 13.8 Å². The second-order valence-corrected chi connectivity index (χ2v) is 11.7.